The van der Waals surface area contributed by atoms with E-state index in [4.69, 9.17) is 4.74 Å². The van der Waals surface area contributed by atoms with Gasteiger partial charge in [-0.15, -0.1) is 0 Å². The van der Waals surface area contributed by atoms with E-state index in [-0.39, 0.29) is 5.41 Å². The molecule has 0 amide bonds. The second-order valence-electron chi connectivity index (χ2n) is 6.41. The molecule has 0 spiro atoms. The van der Waals surface area contributed by atoms with Gasteiger partial charge >= 0.3 is 0 Å². The van der Waals surface area contributed by atoms with Gasteiger partial charge in [0.15, 0.2) is 0 Å². The molecule has 0 unspecified atom stereocenters. The van der Waals surface area contributed by atoms with Gasteiger partial charge in [0, 0.05) is 42.9 Å². The van der Waals surface area contributed by atoms with Crippen molar-refractivity contribution in [3.8, 4) is 0 Å². The largest absolute Gasteiger partial charge is 0.374 e. The first kappa shape index (κ1) is 14.5. The van der Waals surface area contributed by atoms with E-state index >= 15 is 0 Å². The van der Waals surface area contributed by atoms with E-state index in [0.717, 1.165) is 32.8 Å². The highest BCUT2D eigenvalue weighted by molar-refractivity contribution is 5.23. The minimum atomic E-state index is 0.106. The second kappa shape index (κ2) is 6.03. The van der Waals surface area contributed by atoms with Crippen LogP contribution in [0.4, 0.5) is 0 Å². The van der Waals surface area contributed by atoms with Gasteiger partial charge in [0.1, 0.15) is 0 Å². The molecule has 1 atom stereocenters. The van der Waals surface area contributed by atoms with E-state index in [9.17, 15) is 0 Å². The maximum absolute atomic E-state index is 5.74. The molecule has 108 valence electrons. The Balaban J connectivity index is 1.81. The van der Waals surface area contributed by atoms with Crippen molar-refractivity contribution >= 4 is 0 Å². The Morgan fingerprint density at radius 2 is 2.32 bits per heavy atom. The third-order valence-corrected chi connectivity index (χ3v) is 3.50. The summed E-state index contributed by atoms with van der Waals surface area (Å²) in [6.45, 7) is 11.2. The van der Waals surface area contributed by atoms with Crippen LogP contribution in [0.3, 0.4) is 0 Å². The third-order valence-electron chi connectivity index (χ3n) is 3.50. The number of H-pyrrole nitrogens is 1. The van der Waals surface area contributed by atoms with E-state index in [1.807, 2.05) is 6.20 Å². The van der Waals surface area contributed by atoms with Gasteiger partial charge in [-0.2, -0.15) is 5.10 Å². The predicted octanol–water partition coefficient (Wildman–Crippen LogP) is 1.13. The number of hydrogen-bond donors (Lipinski definition) is 2. The molecule has 0 bridgehead atoms. The molecule has 1 aliphatic heterocycles. The van der Waals surface area contributed by atoms with E-state index in [2.05, 4.69) is 48.2 Å². The van der Waals surface area contributed by atoms with Gasteiger partial charge in [-0.3, -0.25) is 5.10 Å². The Hall–Kier alpha value is -0.910. The molecule has 1 saturated heterocycles. The van der Waals surface area contributed by atoms with Crippen LogP contribution in [0.1, 0.15) is 32.0 Å². The van der Waals surface area contributed by atoms with Crippen molar-refractivity contribution in [3.63, 3.8) is 0 Å². The first-order valence-corrected chi connectivity index (χ1v) is 7.00. The molecule has 19 heavy (non-hydrogen) atoms. The summed E-state index contributed by atoms with van der Waals surface area (Å²) >= 11 is 0. The van der Waals surface area contributed by atoms with Crippen molar-refractivity contribution in [2.24, 2.45) is 0 Å². The highest BCUT2D eigenvalue weighted by Crippen LogP contribution is 2.23. The molecule has 2 rings (SSSR count). The molecule has 0 radical (unpaired) electrons. The van der Waals surface area contributed by atoms with Crippen molar-refractivity contribution in [3.05, 3.63) is 17.5 Å². The smallest absolute Gasteiger partial charge is 0.0826 e. The summed E-state index contributed by atoms with van der Waals surface area (Å²) in [5.74, 6) is 0. The quantitative estimate of drug-likeness (QED) is 0.858. The zero-order valence-corrected chi connectivity index (χ0v) is 12.5. The van der Waals surface area contributed by atoms with Gasteiger partial charge in [0.2, 0.25) is 0 Å². The lowest BCUT2D eigenvalue weighted by molar-refractivity contribution is -0.0182. The summed E-state index contributed by atoms with van der Waals surface area (Å²) in [4.78, 5) is 2.31. The summed E-state index contributed by atoms with van der Waals surface area (Å²) in [5, 5.41) is 10.8. The van der Waals surface area contributed by atoms with Crippen LogP contribution in [0.2, 0.25) is 0 Å². The fraction of sp³-hybridized carbons (Fsp3) is 0.786. The fourth-order valence-corrected chi connectivity index (χ4v) is 2.45. The maximum Gasteiger partial charge on any atom is 0.0826 e. The monoisotopic (exact) mass is 266 g/mol. The number of aromatic nitrogens is 2. The average molecular weight is 266 g/mol. The van der Waals surface area contributed by atoms with Gasteiger partial charge < -0.3 is 15.0 Å². The van der Waals surface area contributed by atoms with Gasteiger partial charge in [-0.05, 0) is 7.05 Å². The summed E-state index contributed by atoms with van der Waals surface area (Å²) in [6.07, 6.45) is 2.21. The Morgan fingerprint density at radius 3 is 3.00 bits per heavy atom. The van der Waals surface area contributed by atoms with Gasteiger partial charge in [0.05, 0.1) is 18.9 Å². The lowest BCUT2D eigenvalue weighted by Gasteiger charge is -2.30. The Bertz CT molecular complexity index is 396. The maximum atomic E-state index is 5.74. The van der Waals surface area contributed by atoms with Gasteiger partial charge in [-0.1, -0.05) is 20.8 Å². The van der Waals surface area contributed by atoms with Crippen molar-refractivity contribution in [1.29, 1.82) is 0 Å². The number of hydrogen-bond acceptors (Lipinski definition) is 4. The average Bonchev–Trinajstić information content (AvgIpc) is 2.77. The molecule has 2 N–H and O–H groups in total. The zero-order valence-electron chi connectivity index (χ0n) is 12.5. The third kappa shape index (κ3) is 4.03. The van der Waals surface area contributed by atoms with Crippen LogP contribution in [0, 0.1) is 0 Å². The van der Waals surface area contributed by atoms with E-state index in [0.29, 0.717) is 6.10 Å². The number of ether oxygens (including phenoxy) is 1. The van der Waals surface area contributed by atoms with Crippen molar-refractivity contribution in [1.82, 2.24) is 20.4 Å². The number of morpholine rings is 1. The number of rotatable bonds is 4. The van der Waals surface area contributed by atoms with E-state index in [1.165, 1.54) is 11.3 Å². The summed E-state index contributed by atoms with van der Waals surface area (Å²) in [7, 11) is 2.14. The van der Waals surface area contributed by atoms with Crippen LogP contribution in [-0.4, -0.2) is 54.5 Å². The standard InChI is InChI=1S/C14H26N4O/c1-14(2,3)13-11(8-16-17-13)7-15-9-12-10-18(4)5-6-19-12/h8,12,15H,5-7,9-10H2,1-4H3,(H,16,17)/t12-/m1/s1. The Morgan fingerprint density at radius 1 is 1.53 bits per heavy atom. The first-order chi connectivity index (χ1) is 8.97. The van der Waals surface area contributed by atoms with Crippen LogP contribution in [-0.2, 0) is 16.7 Å². The van der Waals surface area contributed by atoms with Crippen LogP contribution in [0.15, 0.2) is 6.20 Å². The Kier molecular flexibility index (Phi) is 4.60. The van der Waals surface area contributed by atoms with Crippen LogP contribution in [0.5, 0.6) is 0 Å². The molecule has 1 aliphatic rings. The van der Waals surface area contributed by atoms with E-state index in [1.54, 1.807) is 0 Å². The summed E-state index contributed by atoms with van der Waals surface area (Å²) in [6, 6.07) is 0. The molecular weight excluding hydrogens is 240 g/mol. The fourth-order valence-electron chi connectivity index (χ4n) is 2.45. The van der Waals surface area contributed by atoms with Crippen LogP contribution in [0.25, 0.3) is 0 Å². The molecule has 0 saturated carbocycles. The molecule has 1 aromatic heterocycles. The van der Waals surface area contributed by atoms with Crippen molar-refractivity contribution in [2.45, 2.75) is 38.8 Å². The normalized spacial score (nSPS) is 21.8. The van der Waals surface area contributed by atoms with Gasteiger partial charge in [-0.25, -0.2) is 0 Å². The number of aromatic amines is 1. The molecule has 1 fully saturated rings. The molecule has 0 aliphatic carbocycles. The van der Waals surface area contributed by atoms with Crippen LogP contribution >= 0.6 is 0 Å². The highest BCUT2D eigenvalue weighted by atomic mass is 16.5. The van der Waals surface area contributed by atoms with Crippen molar-refractivity contribution in [2.75, 3.05) is 33.3 Å². The molecule has 1 aromatic rings. The lowest BCUT2D eigenvalue weighted by Crippen LogP contribution is -2.44. The molecule has 5 nitrogen and oxygen atoms in total. The minimum absolute atomic E-state index is 0.106. The number of nitrogens with zero attached hydrogens (tertiary/aromatic N) is 2. The molecule has 0 aromatic carbocycles. The van der Waals surface area contributed by atoms with E-state index < -0.39 is 0 Å². The van der Waals surface area contributed by atoms with Crippen molar-refractivity contribution < 1.29 is 4.74 Å². The number of nitrogens with one attached hydrogen (secondary N) is 2. The SMILES string of the molecule is CN1CCO[C@H](CNCc2cn[nH]c2C(C)(C)C)C1. The minimum Gasteiger partial charge on any atom is -0.374 e. The second-order valence-corrected chi connectivity index (χ2v) is 6.41. The number of likely N-dealkylation sites (N-methyl/N-ethyl adjacent to an activating group) is 1. The zero-order chi connectivity index (χ0) is 13.9. The summed E-state index contributed by atoms with van der Waals surface area (Å²) < 4.78 is 5.74. The lowest BCUT2D eigenvalue weighted by atomic mass is 9.89. The molecule has 2 heterocycles. The summed E-state index contributed by atoms with van der Waals surface area (Å²) in [5.41, 5.74) is 2.56. The van der Waals surface area contributed by atoms with Gasteiger partial charge in [0.25, 0.3) is 0 Å². The first-order valence-electron chi connectivity index (χ1n) is 7.00. The Labute approximate surface area is 115 Å². The topological polar surface area (TPSA) is 53.2 Å². The molecular formula is C14H26N4O. The van der Waals surface area contributed by atoms with Crippen LogP contribution < -0.4 is 5.32 Å². The predicted molar refractivity (Wildman–Crippen MR) is 76.2 cm³/mol. The molecule has 5 heteroatoms. The highest BCUT2D eigenvalue weighted by Gasteiger charge is 2.21.